The second-order valence-electron chi connectivity index (χ2n) is 6.90. The first-order valence-electron chi connectivity index (χ1n) is 9.41. The molecule has 150 valence electrons. The van der Waals surface area contributed by atoms with Crippen LogP contribution in [0.4, 0.5) is 0 Å². The van der Waals surface area contributed by atoms with Crippen LogP contribution in [-0.4, -0.2) is 34.7 Å². The summed E-state index contributed by atoms with van der Waals surface area (Å²) in [5.41, 5.74) is 3.16. The van der Waals surface area contributed by atoms with Crippen LogP contribution >= 0.6 is 0 Å². The minimum absolute atomic E-state index is 0.131. The molecule has 0 fully saturated rings. The van der Waals surface area contributed by atoms with E-state index in [1.165, 1.54) is 0 Å². The van der Waals surface area contributed by atoms with E-state index in [1.807, 2.05) is 31.2 Å². The van der Waals surface area contributed by atoms with Crippen LogP contribution in [0, 0.1) is 6.92 Å². The van der Waals surface area contributed by atoms with Gasteiger partial charge in [0.25, 0.3) is 5.91 Å². The zero-order valence-corrected chi connectivity index (χ0v) is 16.6. The standard InChI is InChI=1S/C22H23N3O4/c1-14(2)28-19(26)11-12-23-20(27)16-7-9-17(10-8-16)21-24-25-22(29-21)18-6-4-5-15(3)13-18/h4-10,13-14H,11-12H2,1-3H3,(H,23,27). The van der Waals surface area contributed by atoms with Crippen LogP contribution in [0.5, 0.6) is 0 Å². The van der Waals surface area contributed by atoms with E-state index < -0.39 is 0 Å². The Labute approximate surface area is 169 Å². The molecule has 7 heteroatoms. The summed E-state index contributed by atoms with van der Waals surface area (Å²) >= 11 is 0. The molecule has 0 radical (unpaired) electrons. The number of aromatic nitrogens is 2. The summed E-state index contributed by atoms with van der Waals surface area (Å²) < 4.78 is 10.8. The zero-order chi connectivity index (χ0) is 20.8. The Kier molecular flexibility index (Phi) is 6.39. The molecule has 0 aliphatic rings. The highest BCUT2D eigenvalue weighted by Crippen LogP contribution is 2.24. The predicted octanol–water partition coefficient (Wildman–Crippen LogP) is 3.78. The Balaban J connectivity index is 1.60. The molecule has 7 nitrogen and oxygen atoms in total. The van der Waals surface area contributed by atoms with Gasteiger partial charge >= 0.3 is 5.97 Å². The van der Waals surface area contributed by atoms with Crippen LogP contribution in [0.3, 0.4) is 0 Å². The lowest BCUT2D eigenvalue weighted by Crippen LogP contribution is -2.27. The van der Waals surface area contributed by atoms with Crippen molar-refractivity contribution in [2.24, 2.45) is 0 Å². The van der Waals surface area contributed by atoms with Gasteiger partial charge in [0.1, 0.15) is 0 Å². The summed E-state index contributed by atoms with van der Waals surface area (Å²) in [5, 5.41) is 10.9. The first-order valence-corrected chi connectivity index (χ1v) is 9.41. The Morgan fingerprint density at radius 3 is 2.38 bits per heavy atom. The number of nitrogens with one attached hydrogen (secondary N) is 1. The lowest BCUT2D eigenvalue weighted by Gasteiger charge is -2.08. The minimum Gasteiger partial charge on any atom is -0.463 e. The van der Waals surface area contributed by atoms with Gasteiger partial charge < -0.3 is 14.5 Å². The van der Waals surface area contributed by atoms with Gasteiger partial charge in [0.2, 0.25) is 11.8 Å². The van der Waals surface area contributed by atoms with Crippen molar-refractivity contribution < 1.29 is 18.7 Å². The fraction of sp³-hybridized carbons (Fsp3) is 0.273. The van der Waals surface area contributed by atoms with E-state index in [0.29, 0.717) is 22.9 Å². The Hall–Kier alpha value is -3.48. The largest absolute Gasteiger partial charge is 0.463 e. The van der Waals surface area contributed by atoms with E-state index >= 15 is 0 Å². The van der Waals surface area contributed by atoms with E-state index in [0.717, 1.165) is 11.1 Å². The molecular formula is C22H23N3O4. The van der Waals surface area contributed by atoms with Gasteiger partial charge in [-0.05, 0) is 57.2 Å². The van der Waals surface area contributed by atoms with Crippen molar-refractivity contribution in [2.45, 2.75) is 33.3 Å². The van der Waals surface area contributed by atoms with Gasteiger partial charge in [-0.3, -0.25) is 9.59 Å². The second kappa shape index (κ2) is 9.14. The molecule has 2 aromatic carbocycles. The third-order valence-electron chi connectivity index (χ3n) is 4.07. The van der Waals surface area contributed by atoms with E-state index in [-0.39, 0.29) is 30.9 Å². The quantitative estimate of drug-likeness (QED) is 0.614. The highest BCUT2D eigenvalue weighted by molar-refractivity contribution is 5.94. The topological polar surface area (TPSA) is 94.3 Å². The third kappa shape index (κ3) is 5.51. The molecule has 0 aliphatic carbocycles. The maximum absolute atomic E-state index is 12.2. The number of nitrogens with zero attached hydrogens (tertiary/aromatic N) is 2. The fourth-order valence-corrected chi connectivity index (χ4v) is 2.70. The van der Waals surface area contributed by atoms with Crippen LogP contribution in [-0.2, 0) is 9.53 Å². The van der Waals surface area contributed by atoms with Crippen LogP contribution < -0.4 is 5.32 Å². The SMILES string of the molecule is Cc1cccc(-c2nnc(-c3ccc(C(=O)NCCC(=O)OC(C)C)cc3)o2)c1. The minimum atomic E-state index is -0.337. The summed E-state index contributed by atoms with van der Waals surface area (Å²) in [5.74, 6) is 0.222. The lowest BCUT2D eigenvalue weighted by atomic mass is 10.1. The summed E-state index contributed by atoms with van der Waals surface area (Å²) in [7, 11) is 0. The van der Waals surface area contributed by atoms with Crippen molar-refractivity contribution in [3.63, 3.8) is 0 Å². The number of carbonyl (C=O) groups is 2. The Morgan fingerprint density at radius 1 is 1.03 bits per heavy atom. The molecule has 0 saturated carbocycles. The number of rotatable bonds is 7. The van der Waals surface area contributed by atoms with Gasteiger partial charge in [-0.2, -0.15) is 0 Å². The van der Waals surface area contributed by atoms with Crippen LogP contribution in [0.15, 0.2) is 52.9 Å². The van der Waals surface area contributed by atoms with Crippen LogP contribution in [0.1, 0.15) is 36.2 Å². The number of aryl methyl sites for hydroxylation is 1. The lowest BCUT2D eigenvalue weighted by molar-refractivity contribution is -0.147. The van der Waals surface area contributed by atoms with Crippen molar-refractivity contribution in [3.8, 4) is 22.9 Å². The van der Waals surface area contributed by atoms with Crippen molar-refractivity contribution >= 4 is 11.9 Å². The number of amides is 1. The van der Waals surface area contributed by atoms with Gasteiger partial charge in [-0.1, -0.05) is 17.7 Å². The van der Waals surface area contributed by atoms with Crippen molar-refractivity contribution in [1.29, 1.82) is 0 Å². The number of esters is 1. The van der Waals surface area contributed by atoms with E-state index in [1.54, 1.807) is 38.1 Å². The second-order valence-corrected chi connectivity index (χ2v) is 6.90. The molecular weight excluding hydrogens is 370 g/mol. The molecule has 1 N–H and O–H groups in total. The number of hydrogen-bond donors (Lipinski definition) is 1. The normalized spacial score (nSPS) is 10.8. The summed E-state index contributed by atoms with van der Waals surface area (Å²) in [4.78, 5) is 23.7. The number of ether oxygens (including phenoxy) is 1. The van der Waals surface area contributed by atoms with Crippen molar-refractivity contribution in [1.82, 2.24) is 15.5 Å². The zero-order valence-electron chi connectivity index (χ0n) is 16.6. The Bertz CT molecular complexity index is 993. The first kappa shape index (κ1) is 20.3. The van der Waals surface area contributed by atoms with Gasteiger partial charge in [-0.15, -0.1) is 10.2 Å². The average molecular weight is 393 g/mol. The average Bonchev–Trinajstić information content (AvgIpc) is 3.18. The smallest absolute Gasteiger partial charge is 0.307 e. The summed E-state index contributed by atoms with van der Waals surface area (Å²) in [6.45, 7) is 5.78. The highest BCUT2D eigenvalue weighted by atomic mass is 16.5. The predicted molar refractivity (Wildman–Crippen MR) is 108 cm³/mol. The van der Waals surface area contributed by atoms with E-state index in [9.17, 15) is 9.59 Å². The van der Waals surface area contributed by atoms with Crippen molar-refractivity contribution in [2.75, 3.05) is 6.54 Å². The maximum Gasteiger partial charge on any atom is 0.307 e. The monoisotopic (exact) mass is 393 g/mol. The fourth-order valence-electron chi connectivity index (χ4n) is 2.70. The van der Waals surface area contributed by atoms with Crippen LogP contribution in [0.25, 0.3) is 22.9 Å². The third-order valence-corrected chi connectivity index (χ3v) is 4.07. The molecule has 1 aromatic heterocycles. The summed E-state index contributed by atoms with van der Waals surface area (Å²) in [6.07, 6.45) is -0.0342. The molecule has 1 amide bonds. The number of hydrogen-bond acceptors (Lipinski definition) is 6. The maximum atomic E-state index is 12.2. The summed E-state index contributed by atoms with van der Waals surface area (Å²) in [6, 6.07) is 14.7. The molecule has 29 heavy (non-hydrogen) atoms. The van der Waals surface area contributed by atoms with E-state index in [2.05, 4.69) is 15.5 Å². The molecule has 0 bridgehead atoms. The molecule has 0 saturated heterocycles. The Morgan fingerprint density at radius 2 is 1.72 bits per heavy atom. The first-order chi connectivity index (χ1) is 13.9. The van der Waals surface area contributed by atoms with Crippen LogP contribution in [0.2, 0.25) is 0 Å². The van der Waals surface area contributed by atoms with Gasteiger partial charge in [-0.25, -0.2) is 0 Å². The molecule has 3 rings (SSSR count). The molecule has 0 spiro atoms. The molecule has 0 atom stereocenters. The molecule has 3 aromatic rings. The molecule has 0 unspecified atom stereocenters. The molecule has 0 aliphatic heterocycles. The van der Waals surface area contributed by atoms with Gasteiger partial charge in [0.05, 0.1) is 12.5 Å². The van der Waals surface area contributed by atoms with Gasteiger partial charge in [0, 0.05) is 23.2 Å². The highest BCUT2D eigenvalue weighted by Gasteiger charge is 2.12. The van der Waals surface area contributed by atoms with Crippen molar-refractivity contribution in [3.05, 3.63) is 59.7 Å². The number of carbonyl (C=O) groups excluding carboxylic acids is 2. The van der Waals surface area contributed by atoms with E-state index in [4.69, 9.17) is 9.15 Å². The number of benzene rings is 2. The van der Waals surface area contributed by atoms with Gasteiger partial charge in [0.15, 0.2) is 0 Å². The molecule has 1 heterocycles.